The van der Waals surface area contributed by atoms with Crippen molar-refractivity contribution in [1.29, 1.82) is 0 Å². The van der Waals surface area contributed by atoms with E-state index >= 15 is 0 Å². The van der Waals surface area contributed by atoms with Crippen LogP contribution >= 0.6 is 0 Å². The van der Waals surface area contributed by atoms with E-state index in [2.05, 4.69) is 152 Å². The lowest BCUT2D eigenvalue weighted by Crippen LogP contribution is -2.29. The summed E-state index contributed by atoms with van der Waals surface area (Å²) in [5.41, 5.74) is 9.56. The molecule has 1 aliphatic heterocycles. The molecule has 0 amide bonds. The van der Waals surface area contributed by atoms with Crippen LogP contribution in [0, 0.1) is 0 Å². The van der Waals surface area contributed by atoms with E-state index in [4.69, 9.17) is 4.74 Å². The first-order chi connectivity index (χ1) is 23.3. The third-order valence-corrected chi connectivity index (χ3v) is 11.2. The van der Waals surface area contributed by atoms with E-state index < -0.39 is 0 Å². The minimum Gasteiger partial charge on any atom is -0.460 e. The lowest BCUT2D eigenvalue weighted by atomic mass is 9.79. The molecule has 0 bridgehead atoms. The molecule has 1 nitrogen and oxygen atoms in total. The molecule has 3 aliphatic carbocycles. The number of hydrogen-bond donors (Lipinski definition) is 0. The van der Waals surface area contributed by atoms with Gasteiger partial charge in [0.1, 0.15) is 11.5 Å². The minimum atomic E-state index is 0.215. The first kappa shape index (κ1) is 25.5. The highest BCUT2D eigenvalue weighted by atomic mass is 16.5. The van der Waals surface area contributed by atoms with Gasteiger partial charge in [-0.3, -0.25) is 0 Å². The van der Waals surface area contributed by atoms with Crippen molar-refractivity contribution in [2.45, 2.75) is 24.2 Å². The summed E-state index contributed by atoms with van der Waals surface area (Å²) >= 11 is 0. The average Bonchev–Trinajstić information content (AvgIpc) is 3.44. The van der Waals surface area contributed by atoms with Crippen molar-refractivity contribution in [3.8, 4) is 16.9 Å². The standard InChI is InChI=1S/C46H30O/c1-2-9-29-25-41-39-22-21-35(36-15-7-16-37(46(36)39)40(41)24-28(29)8-1)34-20-19-31(32-12-3-4-13-33(32)34)30-18-23-43-42(26-30)38-14-5-10-27-11-6-17-44(47-43)45(27)38/h1-25,40-42H,26H2. The van der Waals surface area contributed by atoms with E-state index in [0.29, 0.717) is 11.8 Å². The molecule has 3 unspecified atom stereocenters. The van der Waals surface area contributed by atoms with E-state index in [9.17, 15) is 0 Å². The molecular formula is C46H30O. The second-order valence-corrected chi connectivity index (χ2v) is 13.5. The lowest BCUT2D eigenvalue weighted by Gasteiger charge is -2.31. The Bertz CT molecular complexity index is 2650. The van der Waals surface area contributed by atoms with E-state index in [1.807, 2.05) is 0 Å². The van der Waals surface area contributed by atoms with Crippen LogP contribution in [0.4, 0.5) is 0 Å². The van der Waals surface area contributed by atoms with Crippen molar-refractivity contribution in [2.24, 2.45) is 0 Å². The summed E-state index contributed by atoms with van der Waals surface area (Å²) < 4.78 is 6.49. The van der Waals surface area contributed by atoms with Gasteiger partial charge in [-0.05, 0) is 94.9 Å². The highest BCUT2D eigenvalue weighted by molar-refractivity contribution is 6.11. The normalized spacial score (nSPS) is 20.0. The summed E-state index contributed by atoms with van der Waals surface area (Å²) in [7, 11) is 0. The summed E-state index contributed by atoms with van der Waals surface area (Å²) in [6.07, 6.45) is 10.4. The second-order valence-electron chi connectivity index (χ2n) is 13.5. The van der Waals surface area contributed by atoms with Crippen molar-refractivity contribution >= 4 is 50.0 Å². The molecule has 7 aromatic rings. The van der Waals surface area contributed by atoms with Crippen LogP contribution in [0.5, 0.6) is 5.75 Å². The second kappa shape index (κ2) is 9.44. The van der Waals surface area contributed by atoms with Gasteiger partial charge in [0.2, 0.25) is 0 Å². The third kappa shape index (κ3) is 3.54. The fourth-order valence-electron chi connectivity index (χ4n) is 9.14. The Kier molecular flexibility index (Phi) is 5.12. The maximum atomic E-state index is 6.49. The largest absolute Gasteiger partial charge is 0.460 e. The molecule has 0 N–H and O–H groups in total. The van der Waals surface area contributed by atoms with Crippen LogP contribution in [0.25, 0.3) is 61.2 Å². The Morgan fingerprint density at radius 2 is 1.09 bits per heavy atom. The molecule has 220 valence electrons. The van der Waals surface area contributed by atoms with Crippen LogP contribution in [0.1, 0.15) is 46.4 Å². The molecule has 0 saturated heterocycles. The Balaban J connectivity index is 1.05. The summed E-state index contributed by atoms with van der Waals surface area (Å²) in [5.74, 6) is 3.00. The van der Waals surface area contributed by atoms with Gasteiger partial charge in [0.25, 0.3) is 0 Å². The van der Waals surface area contributed by atoms with Crippen molar-refractivity contribution in [3.63, 3.8) is 0 Å². The summed E-state index contributed by atoms with van der Waals surface area (Å²) in [5, 5.41) is 10.6. The quantitative estimate of drug-likeness (QED) is 0.192. The number of benzene rings is 7. The first-order valence-corrected chi connectivity index (χ1v) is 16.8. The molecule has 4 aliphatic rings. The highest BCUT2D eigenvalue weighted by Gasteiger charge is 2.34. The lowest BCUT2D eigenvalue weighted by molar-refractivity contribution is 0.377. The van der Waals surface area contributed by atoms with Gasteiger partial charge in [-0.15, -0.1) is 0 Å². The number of ether oxygens (including phenoxy) is 1. The van der Waals surface area contributed by atoms with E-state index in [1.54, 1.807) is 0 Å². The fraction of sp³-hybridized carbons (Fsp3) is 0.0870. The van der Waals surface area contributed by atoms with Gasteiger partial charge in [0, 0.05) is 23.1 Å². The van der Waals surface area contributed by atoms with Gasteiger partial charge >= 0.3 is 0 Å². The maximum Gasteiger partial charge on any atom is 0.135 e. The average molecular weight is 599 g/mol. The zero-order valence-electron chi connectivity index (χ0n) is 25.8. The van der Waals surface area contributed by atoms with E-state index in [0.717, 1.165) is 17.9 Å². The monoisotopic (exact) mass is 598 g/mol. The predicted molar refractivity (Wildman–Crippen MR) is 195 cm³/mol. The predicted octanol–water partition coefficient (Wildman–Crippen LogP) is 10.1. The molecular weight excluding hydrogens is 569 g/mol. The smallest absolute Gasteiger partial charge is 0.135 e. The van der Waals surface area contributed by atoms with Gasteiger partial charge in [-0.1, -0.05) is 140 Å². The van der Waals surface area contributed by atoms with Crippen molar-refractivity contribution < 1.29 is 4.74 Å². The van der Waals surface area contributed by atoms with Crippen LogP contribution in [0.2, 0.25) is 0 Å². The number of allylic oxidation sites excluding steroid dienone is 4. The third-order valence-electron chi connectivity index (χ3n) is 11.2. The molecule has 0 fully saturated rings. The van der Waals surface area contributed by atoms with Crippen LogP contribution in [0.3, 0.4) is 0 Å². The summed E-state index contributed by atoms with van der Waals surface area (Å²) in [6, 6.07) is 47.3. The zero-order valence-corrected chi connectivity index (χ0v) is 25.8. The first-order valence-electron chi connectivity index (χ1n) is 16.8. The van der Waals surface area contributed by atoms with Gasteiger partial charge in [0.15, 0.2) is 0 Å². The zero-order chi connectivity index (χ0) is 30.6. The maximum absolute atomic E-state index is 6.49. The van der Waals surface area contributed by atoms with Crippen molar-refractivity contribution in [1.82, 2.24) is 0 Å². The minimum absolute atomic E-state index is 0.215. The molecule has 0 spiro atoms. The molecule has 47 heavy (non-hydrogen) atoms. The van der Waals surface area contributed by atoms with E-state index in [1.165, 1.54) is 81.7 Å². The van der Waals surface area contributed by atoms with E-state index in [-0.39, 0.29) is 5.92 Å². The fourth-order valence-corrected chi connectivity index (χ4v) is 9.14. The van der Waals surface area contributed by atoms with Crippen LogP contribution in [-0.2, 0) is 0 Å². The molecule has 1 heterocycles. The molecule has 7 aromatic carbocycles. The topological polar surface area (TPSA) is 9.23 Å². The molecule has 11 rings (SSSR count). The van der Waals surface area contributed by atoms with Gasteiger partial charge in [0.05, 0.1) is 0 Å². The van der Waals surface area contributed by atoms with Gasteiger partial charge in [-0.2, -0.15) is 0 Å². The Labute approximate surface area is 273 Å². The molecule has 0 aromatic heterocycles. The van der Waals surface area contributed by atoms with Crippen molar-refractivity contribution in [3.05, 3.63) is 178 Å². The Morgan fingerprint density at radius 3 is 1.91 bits per heavy atom. The summed E-state index contributed by atoms with van der Waals surface area (Å²) in [6.45, 7) is 0. The van der Waals surface area contributed by atoms with Crippen molar-refractivity contribution in [2.75, 3.05) is 0 Å². The van der Waals surface area contributed by atoms with Crippen LogP contribution in [0.15, 0.2) is 145 Å². The SMILES string of the molecule is C1=C(c2ccc(-c3ccc4c5c(cccc35)C3C=c5ccccc5=CC43)c3ccccc23)CC2C(=C1)Oc1cccc3cccc2c13. The summed E-state index contributed by atoms with van der Waals surface area (Å²) in [4.78, 5) is 0. The Hall–Kier alpha value is -5.66. The molecule has 1 heteroatoms. The molecule has 3 atom stereocenters. The molecule has 0 radical (unpaired) electrons. The number of rotatable bonds is 2. The Morgan fingerprint density at radius 1 is 0.468 bits per heavy atom. The number of fused-ring (bicyclic) bond motifs is 7. The van der Waals surface area contributed by atoms with Gasteiger partial charge in [-0.25, -0.2) is 0 Å². The number of hydrogen-bond acceptors (Lipinski definition) is 1. The molecule has 0 saturated carbocycles. The van der Waals surface area contributed by atoms with Gasteiger partial charge < -0.3 is 4.74 Å². The van der Waals surface area contributed by atoms with Crippen LogP contribution < -0.4 is 15.2 Å². The van der Waals surface area contributed by atoms with Crippen LogP contribution in [-0.4, -0.2) is 0 Å². The highest BCUT2D eigenvalue weighted by Crippen LogP contribution is 2.52.